The summed E-state index contributed by atoms with van der Waals surface area (Å²) in [5.74, 6) is -1.70. The first kappa shape index (κ1) is 21.5. The van der Waals surface area contributed by atoms with Crippen LogP contribution in [0.1, 0.15) is 43.4 Å². The normalized spacial score (nSPS) is 11.5. The number of nitrogens with two attached hydrogens (primary N) is 1. The van der Waals surface area contributed by atoms with E-state index in [-0.39, 0.29) is 11.5 Å². The fourth-order valence-electron chi connectivity index (χ4n) is 3.17. The smallest absolute Gasteiger partial charge is 0.374 e. The third-order valence-electron chi connectivity index (χ3n) is 4.88. The summed E-state index contributed by atoms with van der Waals surface area (Å²) < 4.78 is 34.3. The van der Waals surface area contributed by atoms with E-state index in [1.165, 1.54) is 5.56 Å². The average Bonchev–Trinajstić information content (AvgIpc) is 3.27. The zero-order valence-electron chi connectivity index (χ0n) is 17.1. The fourth-order valence-corrected chi connectivity index (χ4v) is 3.63. The number of sulfonamides is 1. The van der Waals surface area contributed by atoms with Gasteiger partial charge in [0.25, 0.3) is 10.0 Å². The number of benzene rings is 1. The molecule has 3 aromatic rings. The Morgan fingerprint density at radius 1 is 1.03 bits per heavy atom. The van der Waals surface area contributed by atoms with Crippen molar-refractivity contribution in [2.75, 3.05) is 6.61 Å². The number of esters is 1. The van der Waals surface area contributed by atoms with E-state index in [1.54, 1.807) is 6.07 Å². The van der Waals surface area contributed by atoms with E-state index in [9.17, 15) is 18.0 Å². The van der Waals surface area contributed by atoms with Gasteiger partial charge in [0, 0.05) is 22.6 Å². The van der Waals surface area contributed by atoms with Crippen molar-refractivity contribution >= 4 is 21.8 Å². The lowest BCUT2D eigenvalue weighted by Crippen LogP contribution is -2.15. The van der Waals surface area contributed by atoms with E-state index in [2.05, 4.69) is 0 Å². The maximum absolute atomic E-state index is 12.6. The van der Waals surface area contributed by atoms with E-state index in [4.69, 9.17) is 14.3 Å². The minimum atomic E-state index is -4.07. The Morgan fingerprint density at radius 2 is 1.73 bits per heavy atom. The van der Waals surface area contributed by atoms with Crippen molar-refractivity contribution in [3.8, 4) is 5.69 Å². The molecule has 0 atom stereocenters. The Hall–Kier alpha value is -3.17. The quantitative estimate of drug-likeness (QED) is 0.474. The van der Waals surface area contributed by atoms with Crippen molar-refractivity contribution in [2.24, 2.45) is 5.14 Å². The van der Waals surface area contributed by atoms with Crippen molar-refractivity contribution in [3.05, 3.63) is 70.2 Å². The largest absolute Gasteiger partial charge is 0.451 e. The van der Waals surface area contributed by atoms with Crippen LogP contribution in [0, 0.1) is 27.7 Å². The summed E-state index contributed by atoms with van der Waals surface area (Å²) in [6.45, 7) is 7.25. The molecule has 0 amide bonds. The van der Waals surface area contributed by atoms with Crippen molar-refractivity contribution in [1.82, 2.24) is 4.57 Å². The Morgan fingerprint density at radius 3 is 2.33 bits per heavy atom. The van der Waals surface area contributed by atoms with E-state index in [0.29, 0.717) is 5.56 Å². The number of carbonyl (C=O) groups is 2. The molecule has 8 nitrogen and oxygen atoms in total. The summed E-state index contributed by atoms with van der Waals surface area (Å²) in [5.41, 5.74) is 5.28. The molecular formula is C21H22N2O6S. The predicted octanol–water partition coefficient (Wildman–Crippen LogP) is 2.99. The molecule has 2 aromatic heterocycles. The summed E-state index contributed by atoms with van der Waals surface area (Å²) in [6, 6.07) is 9.96. The molecule has 0 fully saturated rings. The third-order valence-corrected chi connectivity index (χ3v) is 5.66. The molecule has 0 bridgehead atoms. The van der Waals surface area contributed by atoms with Crippen LogP contribution in [0.4, 0.5) is 0 Å². The third kappa shape index (κ3) is 4.22. The van der Waals surface area contributed by atoms with Gasteiger partial charge in [0.1, 0.15) is 0 Å². The molecule has 0 saturated heterocycles. The lowest BCUT2D eigenvalue weighted by atomic mass is 10.1. The zero-order valence-corrected chi connectivity index (χ0v) is 17.9. The first-order chi connectivity index (χ1) is 14.0. The average molecular weight is 430 g/mol. The number of nitrogens with zero attached hydrogens (tertiary/aromatic N) is 1. The SMILES string of the molecule is Cc1ccc(-n2c(C)cc(C(=O)COC(=O)c3ccc(S(N)(=O)=O)o3)c2C)cc1C. The van der Waals surface area contributed by atoms with Crippen LogP contribution in [-0.2, 0) is 14.8 Å². The Balaban J connectivity index is 1.77. The van der Waals surface area contributed by atoms with Gasteiger partial charge in [-0.3, -0.25) is 4.79 Å². The maximum Gasteiger partial charge on any atom is 0.374 e. The van der Waals surface area contributed by atoms with Gasteiger partial charge in [-0.1, -0.05) is 6.07 Å². The predicted molar refractivity (Wildman–Crippen MR) is 109 cm³/mol. The maximum atomic E-state index is 12.6. The van der Waals surface area contributed by atoms with Crippen LogP contribution in [0.2, 0.25) is 0 Å². The molecule has 0 aliphatic carbocycles. The molecule has 0 aliphatic heterocycles. The minimum Gasteiger partial charge on any atom is -0.451 e. The van der Waals surface area contributed by atoms with Gasteiger partial charge in [0.05, 0.1) is 0 Å². The number of carbonyl (C=O) groups excluding carboxylic acids is 2. The van der Waals surface area contributed by atoms with E-state index >= 15 is 0 Å². The van der Waals surface area contributed by atoms with Gasteiger partial charge in [0.2, 0.25) is 16.6 Å². The molecule has 0 spiro atoms. The number of Topliss-reactive ketones (excluding diaryl/α,β-unsaturated/α-hetero) is 1. The molecule has 2 heterocycles. The van der Waals surface area contributed by atoms with Crippen molar-refractivity contribution in [1.29, 1.82) is 0 Å². The van der Waals surface area contributed by atoms with Crippen molar-refractivity contribution in [2.45, 2.75) is 32.8 Å². The second kappa shape index (κ2) is 7.92. The Labute approximate surface area is 174 Å². The Bertz CT molecular complexity index is 1250. The summed E-state index contributed by atoms with van der Waals surface area (Å²) in [5, 5.41) is 4.38. The van der Waals surface area contributed by atoms with Gasteiger partial charge in [-0.2, -0.15) is 0 Å². The molecule has 3 rings (SSSR count). The molecule has 9 heteroatoms. The fraction of sp³-hybridized carbons (Fsp3) is 0.238. The van der Waals surface area contributed by atoms with Gasteiger partial charge >= 0.3 is 5.97 Å². The van der Waals surface area contributed by atoms with Crippen LogP contribution >= 0.6 is 0 Å². The highest BCUT2D eigenvalue weighted by Gasteiger charge is 2.22. The lowest BCUT2D eigenvalue weighted by molar-refractivity contribution is 0.0438. The molecule has 30 heavy (non-hydrogen) atoms. The van der Waals surface area contributed by atoms with Gasteiger partial charge in [-0.25, -0.2) is 18.4 Å². The number of aromatic nitrogens is 1. The molecule has 1 aromatic carbocycles. The number of hydrogen-bond acceptors (Lipinski definition) is 6. The number of aryl methyl sites for hydroxylation is 3. The van der Waals surface area contributed by atoms with Crippen LogP contribution in [-0.4, -0.2) is 31.3 Å². The molecular weight excluding hydrogens is 408 g/mol. The topological polar surface area (TPSA) is 122 Å². The minimum absolute atomic E-state index is 0.354. The van der Waals surface area contributed by atoms with Gasteiger partial charge in [0.15, 0.2) is 6.61 Å². The molecule has 158 valence electrons. The van der Waals surface area contributed by atoms with Gasteiger partial charge in [-0.05, 0) is 69.2 Å². The standard InChI is InChI=1S/C21H22N2O6S/c1-12-5-6-16(9-13(12)2)23-14(3)10-17(15(23)4)18(24)11-28-21(25)19-7-8-20(29-19)30(22,26)27/h5-10H,11H2,1-4H3,(H2,22,26,27). The van der Waals surface area contributed by atoms with E-state index < -0.39 is 27.7 Å². The second-order valence-corrected chi connectivity index (χ2v) is 8.54. The highest BCUT2D eigenvalue weighted by atomic mass is 32.2. The molecule has 2 N–H and O–H groups in total. The molecule has 0 saturated carbocycles. The number of ketones is 1. The first-order valence-corrected chi connectivity index (χ1v) is 10.6. The zero-order chi connectivity index (χ0) is 22.2. The molecule has 0 unspecified atom stereocenters. The van der Waals surface area contributed by atoms with Gasteiger partial charge < -0.3 is 13.7 Å². The van der Waals surface area contributed by atoms with Crippen LogP contribution in [0.25, 0.3) is 5.69 Å². The number of primary sulfonamides is 1. The van der Waals surface area contributed by atoms with Crippen LogP contribution in [0.3, 0.4) is 0 Å². The monoisotopic (exact) mass is 430 g/mol. The number of ether oxygens (including phenoxy) is 1. The van der Waals surface area contributed by atoms with Gasteiger partial charge in [-0.15, -0.1) is 0 Å². The van der Waals surface area contributed by atoms with Crippen molar-refractivity contribution in [3.63, 3.8) is 0 Å². The van der Waals surface area contributed by atoms with Crippen LogP contribution < -0.4 is 5.14 Å². The Kier molecular flexibility index (Phi) is 5.69. The van der Waals surface area contributed by atoms with E-state index in [0.717, 1.165) is 34.8 Å². The highest BCUT2D eigenvalue weighted by molar-refractivity contribution is 7.89. The molecule has 0 radical (unpaired) electrons. The molecule has 0 aliphatic rings. The summed E-state index contributed by atoms with van der Waals surface area (Å²) in [6.07, 6.45) is 0. The van der Waals surface area contributed by atoms with Crippen LogP contribution in [0.5, 0.6) is 0 Å². The number of furan rings is 1. The lowest BCUT2D eigenvalue weighted by Gasteiger charge is -2.12. The van der Waals surface area contributed by atoms with E-state index in [1.807, 2.05) is 50.5 Å². The first-order valence-electron chi connectivity index (χ1n) is 9.08. The highest BCUT2D eigenvalue weighted by Crippen LogP contribution is 2.23. The summed E-state index contributed by atoms with van der Waals surface area (Å²) in [7, 11) is -4.07. The second-order valence-electron chi connectivity index (χ2n) is 7.05. The number of hydrogen-bond donors (Lipinski definition) is 1. The summed E-state index contributed by atoms with van der Waals surface area (Å²) in [4.78, 5) is 24.7. The number of rotatable bonds is 6. The van der Waals surface area contributed by atoms with Crippen LogP contribution in [0.15, 0.2) is 45.9 Å². The summed E-state index contributed by atoms with van der Waals surface area (Å²) >= 11 is 0. The van der Waals surface area contributed by atoms with Crippen molar-refractivity contribution < 1.29 is 27.2 Å².